The summed E-state index contributed by atoms with van der Waals surface area (Å²) in [5.41, 5.74) is 1.57. The summed E-state index contributed by atoms with van der Waals surface area (Å²) in [6.45, 7) is 0. The topological polar surface area (TPSA) is 99.8 Å². The number of hydrogen-bond donors (Lipinski definition) is 1. The van der Waals surface area contributed by atoms with Crippen molar-refractivity contribution in [2.24, 2.45) is 0 Å². The minimum Gasteiger partial charge on any atom is -0.619 e. The Morgan fingerprint density at radius 2 is 1.78 bits per heavy atom. The van der Waals surface area contributed by atoms with Crippen LogP contribution in [0.4, 0.5) is 0 Å². The Bertz CT molecular complexity index is 1160. The zero-order chi connectivity index (χ0) is 23.4. The molecule has 0 amide bonds. The molecule has 0 aliphatic carbocycles. The molecule has 1 atom stereocenters. The van der Waals surface area contributed by atoms with E-state index >= 15 is 0 Å². The van der Waals surface area contributed by atoms with E-state index in [9.17, 15) is 19.9 Å². The lowest BCUT2D eigenvalue weighted by molar-refractivity contribution is -0.605. The molecule has 32 heavy (non-hydrogen) atoms. The summed E-state index contributed by atoms with van der Waals surface area (Å²) in [7, 11) is 2.98. The van der Waals surface area contributed by atoms with Crippen LogP contribution in [0.5, 0.6) is 11.5 Å². The van der Waals surface area contributed by atoms with Crippen molar-refractivity contribution in [3.05, 3.63) is 91.9 Å². The number of nitrogens with zero attached hydrogens (tertiary/aromatic N) is 1. The lowest BCUT2D eigenvalue weighted by Crippen LogP contribution is -2.25. The maximum Gasteiger partial charge on any atom is 0.336 e. The molecular formula is C23H19Cl2NO6. The van der Waals surface area contributed by atoms with Gasteiger partial charge in [0.2, 0.25) is 0 Å². The minimum absolute atomic E-state index is 0.0311. The van der Waals surface area contributed by atoms with Crippen molar-refractivity contribution in [1.82, 2.24) is 0 Å². The van der Waals surface area contributed by atoms with Crippen LogP contribution in [0.15, 0.2) is 48.8 Å². The second kappa shape index (κ2) is 9.89. The summed E-state index contributed by atoms with van der Waals surface area (Å²) in [6, 6.07) is 9.61. The molecule has 3 rings (SSSR count). The van der Waals surface area contributed by atoms with Gasteiger partial charge in [-0.2, -0.15) is 4.73 Å². The molecule has 0 bridgehead atoms. The molecule has 9 heteroatoms. The molecule has 0 aliphatic heterocycles. The Labute approximate surface area is 194 Å². The molecule has 0 fully saturated rings. The summed E-state index contributed by atoms with van der Waals surface area (Å²) in [5, 5.41) is 21.7. The van der Waals surface area contributed by atoms with Gasteiger partial charge in [0.15, 0.2) is 23.9 Å². The largest absolute Gasteiger partial charge is 0.619 e. The van der Waals surface area contributed by atoms with Gasteiger partial charge in [0, 0.05) is 17.0 Å². The quantitative estimate of drug-likeness (QED) is 0.291. The Hall–Kier alpha value is -3.29. The Morgan fingerprint density at radius 1 is 1.12 bits per heavy atom. The van der Waals surface area contributed by atoms with Gasteiger partial charge in [0.25, 0.3) is 0 Å². The lowest BCUT2D eigenvalue weighted by atomic mass is 9.81. The third-order valence-electron chi connectivity index (χ3n) is 5.12. The number of halogens is 2. The number of aromatic nitrogens is 1. The van der Waals surface area contributed by atoms with Crippen LogP contribution >= 0.6 is 23.2 Å². The van der Waals surface area contributed by atoms with Crippen molar-refractivity contribution in [2.75, 3.05) is 14.2 Å². The number of carbonyl (C=O) groups excluding carboxylic acids is 1. The molecule has 0 unspecified atom stereocenters. The predicted molar refractivity (Wildman–Crippen MR) is 119 cm³/mol. The molecule has 2 aromatic carbocycles. The average molecular weight is 476 g/mol. The molecule has 0 spiro atoms. The van der Waals surface area contributed by atoms with Crippen molar-refractivity contribution in [3.8, 4) is 11.5 Å². The summed E-state index contributed by atoms with van der Waals surface area (Å²) < 4.78 is 11.2. The third-order valence-corrected chi connectivity index (χ3v) is 5.77. The van der Waals surface area contributed by atoms with Crippen LogP contribution in [-0.4, -0.2) is 31.6 Å². The van der Waals surface area contributed by atoms with Gasteiger partial charge < -0.3 is 19.8 Å². The van der Waals surface area contributed by atoms with Crippen LogP contribution in [0.2, 0.25) is 10.0 Å². The highest BCUT2D eigenvalue weighted by Gasteiger charge is 2.27. The van der Waals surface area contributed by atoms with Gasteiger partial charge in [0.1, 0.15) is 16.3 Å². The maximum atomic E-state index is 12.0. The molecule has 0 saturated carbocycles. The number of pyridine rings is 1. The smallest absolute Gasteiger partial charge is 0.336 e. The molecule has 7 nitrogen and oxygen atoms in total. The molecule has 0 aliphatic rings. The van der Waals surface area contributed by atoms with E-state index in [1.54, 1.807) is 24.3 Å². The van der Waals surface area contributed by atoms with E-state index in [0.29, 0.717) is 39.2 Å². The van der Waals surface area contributed by atoms with Crippen LogP contribution < -0.4 is 14.2 Å². The summed E-state index contributed by atoms with van der Waals surface area (Å²) in [4.78, 5) is 23.9. The van der Waals surface area contributed by atoms with Gasteiger partial charge in [0.05, 0.1) is 19.8 Å². The molecule has 166 valence electrons. The first-order valence-corrected chi connectivity index (χ1v) is 10.2. The van der Waals surface area contributed by atoms with E-state index < -0.39 is 11.9 Å². The highest BCUT2D eigenvalue weighted by atomic mass is 35.5. The molecule has 0 saturated heterocycles. The fraction of sp³-hybridized carbons (Fsp3) is 0.174. The highest BCUT2D eigenvalue weighted by Crippen LogP contribution is 2.39. The molecule has 1 aromatic heterocycles. The lowest BCUT2D eigenvalue weighted by Gasteiger charge is -2.23. The van der Waals surface area contributed by atoms with Crippen molar-refractivity contribution in [1.29, 1.82) is 0 Å². The van der Waals surface area contributed by atoms with E-state index in [2.05, 4.69) is 0 Å². The average Bonchev–Trinajstić information content (AvgIpc) is 2.77. The SMILES string of the molecule is COc1ccc([C@H](Cc2c(Cl)c[n+]([O-])cc2Cl)c2c(C=O)cccc2C(=O)O)cc1OC. The third kappa shape index (κ3) is 4.64. The number of rotatable bonds is 8. The number of hydrogen-bond acceptors (Lipinski definition) is 5. The Balaban J connectivity index is 2.29. The van der Waals surface area contributed by atoms with Crippen LogP contribution in [0, 0.1) is 5.21 Å². The molecule has 3 aromatic rings. The fourth-order valence-electron chi connectivity index (χ4n) is 3.65. The van der Waals surface area contributed by atoms with Crippen molar-refractivity contribution in [2.45, 2.75) is 12.3 Å². The van der Waals surface area contributed by atoms with Gasteiger partial charge in [-0.05, 0) is 35.7 Å². The monoisotopic (exact) mass is 475 g/mol. The van der Waals surface area contributed by atoms with Crippen LogP contribution in [0.3, 0.4) is 0 Å². The number of aldehydes is 1. The van der Waals surface area contributed by atoms with E-state index in [1.165, 1.54) is 26.4 Å². The molecule has 0 radical (unpaired) electrons. The number of benzene rings is 2. The Kier molecular flexibility index (Phi) is 7.22. The van der Waals surface area contributed by atoms with E-state index in [-0.39, 0.29) is 27.6 Å². The van der Waals surface area contributed by atoms with Crippen molar-refractivity contribution < 1.29 is 28.9 Å². The molecule has 1 heterocycles. The first-order chi connectivity index (χ1) is 15.3. The number of carboxylic acids is 1. The molecular weight excluding hydrogens is 457 g/mol. The number of carboxylic acid groups (broad SMARTS) is 1. The predicted octanol–water partition coefficient (Wildman–Crippen LogP) is 4.53. The van der Waals surface area contributed by atoms with E-state index in [4.69, 9.17) is 32.7 Å². The van der Waals surface area contributed by atoms with Crippen LogP contribution in [0.1, 0.15) is 43.3 Å². The zero-order valence-electron chi connectivity index (χ0n) is 17.2. The van der Waals surface area contributed by atoms with Crippen molar-refractivity contribution >= 4 is 35.5 Å². The van der Waals surface area contributed by atoms with Gasteiger partial charge in [-0.1, -0.05) is 41.4 Å². The fourth-order valence-corrected chi connectivity index (χ4v) is 4.25. The second-order valence-corrected chi connectivity index (χ2v) is 7.71. The molecule has 1 N–H and O–H groups in total. The van der Waals surface area contributed by atoms with E-state index in [0.717, 1.165) is 12.4 Å². The summed E-state index contributed by atoms with van der Waals surface area (Å²) in [6.07, 6.45) is 3.06. The first-order valence-electron chi connectivity index (χ1n) is 9.40. The first kappa shape index (κ1) is 23.4. The number of aromatic carboxylic acids is 1. The number of methoxy groups -OCH3 is 2. The zero-order valence-corrected chi connectivity index (χ0v) is 18.7. The Morgan fingerprint density at radius 3 is 2.34 bits per heavy atom. The van der Waals surface area contributed by atoms with Gasteiger partial charge >= 0.3 is 5.97 Å². The summed E-state index contributed by atoms with van der Waals surface area (Å²) in [5.74, 6) is -0.921. The van der Waals surface area contributed by atoms with E-state index in [1.807, 2.05) is 0 Å². The highest BCUT2D eigenvalue weighted by molar-refractivity contribution is 6.35. The minimum atomic E-state index is -1.18. The van der Waals surface area contributed by atoms with Crippen LogP contribution in [0.25, 0.3) is 0 Å². The second-order valence-electron chi connectivity index (χ2n) is 6.90. The van der Waals surface area contributed by atoms with Crippen molar-refractivity contribution in [3.63, 3.8) is 0 Å². The number of carbonyl (C=O) groups is 2. The van der Waals surface area contributed by atoms with Gasteiger partial charge in [-0.25, -0.2) is 4.79 Å². The van der Waals surface area contributed by atoms with Gasteiger partial charge in [-0.15, -0.1) is 0 Å². The standard InChI is InChI=1S/C23H19Cl2NO6/c1-31-20-7-6-13(8-21(20)32-2)16(9-17-18(24)10-26(30)11-19(17)25)22-14(12-27)4-3-5-15(22)23(28)29/h3-8,10-12,16H,9H2,1-2H3,(H,28,29)/t16-/m0/s1. The van der Waals surface area contributed by atoms with Gasteiger partial charge in [-0.3, -0.25) is 4.79 Å². The summed E-state index contributed by atoms with van der Waals surface area (Å²) >= 11 is 12.6. The van der Waals surface area contributed by atoms with Crippen LogP contribution in [-0.2, 0) is 6.42 Å². The maximum absolute atomic E-state index is 12.0. The number of ether oxygens (including phenoxy) is 2. The normalized spacial score (nSPS) is 11.6.